The zero-order chi connectivity index (χ0) is 12.6. The summed E-state index contributed by atoms with van der Waals surface area (Å²) >= 11 is 0. The quantitative estimate of drug-likeness (QED) is 0.782. The predicted octanol–water partition coefficient (Wildman–Crippen LogP) is 2.62. The Bertz CT molecular complexity index is 446. The van der Waals surface area contributed by atoms with Crippen molar-refractivity contribution in [3.63, 3.8) is 0 Å². The maximum atomic E-state index is 12.0. The van der Waals surface area contributed by atoms with E-state index in [-0.39, 0.29) is 17.4 Å². The molecule has 0 heterocycles. The molecule has 1 atom stereocenters. The summed E-state index contributed by atoms with van der Waals surface area (Å²) in [5.41, 5.74) is 8.96. The van der Waals surface area contributed by atoms with E-state index in [1.165, 1.54) is 11.1 Å². The van der Waals surface area contributed by atoms with E-state index >= 15 is 0 Å². The maximum absolute atomic E-state index is 12.0. The minimum Gasteiger partial charge on any atom is -0.325 e. The molecule has 0 saturated carbocycles. The van der Waals surface area contributed by atoms with Gasteiger partial charge in [-0.15, -0.1) is 0 Å². The largest absolute Gasteiger partial charge is 0.325 e. The van der Waals surface area contributed by atoms with E-state index < -0.39 is 0 Å². The average molecular weight is 232 g/mol. The third kappa shape index (κ3) is 2.34. The van der Waals surface area contributed by atoms with Crippen molar-refractivity contribution in [2.75, 3.05) is 5.32 Å². The van der Waals surface area contributed by atoms with Crippen LogP contribution in [0.3, 0.4) is 0 Å². The first-order valence-electron chi connectivity index (χ1n) is 6.08. The van der Waals surface area contributed by atoms with E-state index in [2.05, 4.69) is 11.4 Å². The lowest BCUT2D eigenvalue weighted by Gasteiger charge is -2.19. The maximum Gasteiger partial charge on any atom is 0.229 e. The molecule has 3 nitrogen and oxygen atoms in total. The lowest BCUT2D eigenvalue weighted by molar-refractivity contribution is -0.123. The Labute approximate surface area is 102 Å². The molecule has 0 radical (unpaired) electrons. The molecular formula is C14H20N2O. The van der Waals surface area contributed by atoms with Gasteiger partial charge >= 0.3 is 0 Å². The molecule has 1 aromatic rings. The molecule has 1 unspecified atom stereocenters. The van der Waals surface area contributed by atoms with Gasteiger partial charge in [0.05, 0.1) is 0 Å². The van der Waals surface area contributed by atoms with Gasteiger partial charge in [-0.05, 0) is 30.0 Å². The van der Waals surface area contributed by atoms with E-state index in [0.717, 1.165) is 18.5 Å². The predicted molar refractivity (Wildman–Crippen MR) is 69.8 cm³/mol. The third-order valence-corrected chi connectivity index (χ3v) is 3.25. The number of hydrogen-bond donors (Lipinski definition) is 2. The molecule has 1 aliphatic rings. The molecule has 0 fully saturated rings. The van der Waals surface area contributed by atoms with E-state index in [1.807, 2.05) is 32.9 Å². The summed E-state index contributed by atoms with van der Waals surface area (Å²) < 4.78 is 0. The fraction of sp³-hybridized carbons (Fsp3) is 0.500. The van der Waals surface area contributed by atoms with Gasteiger partial charge in [-0.3, -0.25) is 4.79 Å². The van der Waals surface area contributed by atoms with Crippen molar-refractivity contribution in [3.05, 3.63) is 29.3 Å². The summed E-state index contributed by atoms with van der Waals surface area (Å²) in [6, 6.07) is 6.10. The molecule has 0 aliphatic heterocycles. The number of anilines is 1. The summed E-state index contributed by atoms with van der Waals surface area (Å²) in [5.74, 6) is 0.0476. The molecule has 1 amide bonds. The molecule has 0 saturated heterocycles. The van der Waals surface area contributed by atoms with Gasteiger partial charge in [-0.25, -0.2) is 0 Å². The highest BCUT2D eigenvalue weighted by Crippen LogP contribution is 2.34. The van der Waals surface area contributed by atoms with Crippen LogP contribution in [0.15, 0.2) is 18.2 Å². The van der Waals surface area contributed by atoms with E-state index in [0.29, 0.717) is 0 Å². The second-order valence-corrected chi connectivity index (χ2v) is 5.72. The summed E-state index contributed by atoms with van der Waals surface area (Å²) in [7, 11) is 0. The zero-order valence-corrected chi connectivity index (χ0v) is 10.7. The summed E-state index contributed by atoms with van der Waals surface area (Å²) in [4.78, 5) is 12.0. The lowest BCUT2D eigenvalue weighted by Crippen LogP contribution is -2.28. The Morgan fingerprint density at radius 2 is 2.12 bits per heavy atom. The van der Waals surface area contributed by atoms with Gasteiger partial charge in [0.2, 0.25) is 5.91 Å². The van der Waals surface area contributed by atoms with Gasteiger partial charge in [0, 0.05) is 17.1 Å². The Morgan fingerprint density at radius 3 is 2.76 bits per heavy atom. The normalized spacial score (nSPS) is 18.9. The lowest BCUT2D eigenvalue weighted by atomic mass is 9.95. The first-order valence-corrected chi connectivity index (χ1v) is 6.08. The molecular weight excluding hydrogens is 212 g/mol. The molecule has 3 heteroatoms. The van der Waals surface area contributed by atoms with Crippen molar-refractivity contribution >= 4 is 11.6 Å². The van der Waals surface area contributed by atoms with Crippen molar-refractivity contribution in [1.29, 1.82) is 0 Å². The van der Waals surface area contributed by atoms with Gasteiger partial charge in [0.1, 0.15) is 0 Å². The zero-order valence-electron chi connectivity index (χ0n) is 10.7. The average Bonchev–Trinajstić information content (AvgIpc) is 2.60. The molecule has 17 heavy (non-hydrogen) atoms. The van der Waals surface area contributed by atoms with Crippen molar-refractivity contribution in [3.8, 4) is 0 Å². The van der Waals surface area contributed by atoms with Crippen molar-refractivity contribution in [2.24, 2.45) is 11.1 Å². The highest BCUT2D eigenvalue weighted by molar-refractivity contribution is 5.95. The third-order valence-electron chi connectivity index (χ3n) is 3.25. The number of rotatable bonds is 1. The van der Waals surface area contributed by atoms with Crippen LogP contribution < -0.4 is 11.1 Å². The Morgan fingerprint density at radius 1 is 1.41 bits per heavy atom. The molecule has 1 aliphatic carbocycles. The molecule has 0 bridgehead atoms. The highest BCUT2D eigenvalue weighted by Gasteiger charge is 2.25. The smallest absolute Gasteiger partial charge is 0.229 e. The van der Waals surface area contributed by atoms with Crippen LogP contribution in [0.25, 0.3) is 0 Å². The second kappa shape index (κ2) is 4.15. The van der Waals surface area contributed by atoms with Crippen LogP contribution in [0.5, 0.6) is 0 Å². The van der Waals surface area contributed by atoms with Gasteiger partial charge in [-0.1, -0.05) is 32.9 Å². The van der Waals surface area contributed by atoms with Crippen LogP contribution in [0, 0.1) is 5.41 Å². The minimum atomic E-state index is -0.372. The van der Waals surface area contributed by atoms with Crippen LogP contribution in [0.1, 0.15) is 44.4 Å². The number of hydrogen-bond acceptors (Lipinski definition) is 2. The van der Waals surface area contributed by atoms with Gasteiger partial charge in [-0.2, -0.15) is 0 Å². The topological polar surface area (TPSA) is 55.1 Å². The number of fused-ring (bicyclic) bond motifs is 1. The van der Waals surface area contributed by atoms with Gasteiger partial charge in [0.25, 0.3) is 0 Å². The number of carbonyl (C=O) groups is 1. The number of carbonyl (C=O) groups excluding carboxylic acids is 1. The van der Waals surface area contributed by atoms with Gasteiger partial charge < -0.3 is 11.1 Å². The number of nitrogens with two attached hydrogens (primary N) is 1. The summed E-state index contributed by atoms with van der Waals surface area (Å²) in [6.07, 6.45) is 1.93. The number of nitrogens with one attached hydrogen (secondary N) is 1. The van der Waals surface area contributed by atoms with Crippen LogP contribution in [-0.2, 0) is 11.2 Å². The van der Waals surface area contributed by atoms with Crippen LogP contribution >= 0.6 is 0 Å². The van der Waals surface area contributed by atoms with Crippen LogP contribution in [0.4, 0.5) is 5.69 Å². The Kier molecular flexibility index (Phi) is 2.96. The SMILES string of the molecule is CC(C)(C)C(=O)Nc1cccc2c1CCC2N. The fourth-order valence-electron chi connectivity index (χ4n) is 2.11. The fourth-order valence-corrected chi connectivity index (χ4v) is 2.11. The molecule has 2 rings (SSSR count). The highest BCUT2D eigenvalue weighted by atomic mass is 16.2. The van der Waals surface area contributed by atoms with Crippen molar-refractivity contribution in [1.82, 2.24) is 0 Å². The molecule has 92 valence electrons. The summed E-state index contributed by atoms with van der Waals surface area (Å²) in [6.45, 7) is 5.74. The van der Waals surface area contributed by atoms with Crippen LogP contribution in [-0.4, -0.2) is 5.91 Å². The van der Waals surface area contributed by atoms with E-state index in [4.69, 9.17) is 5.73 Å². The van der Waals surface area contributed by atoms with E-state index in [9.17, 15) is 4.79 Å². The standard InChI is InChI=1S/C14H20N2O/c1-14(2,3)13(17)16-12-6-4-5-9-10(12)7-8-11(9)15/h4-6,11H,7-8,15H2,1-3H3,(H,16,17). The van der Waals surface area contributed by atoms with Crippen molar-refractivity contribution < 1.29 is 4.79 Å². The number of benzene rings is 1. The van der Waals surface area contributed by atoms with Crippen molar-refractivity contribution in [2.45, 2.75) is 39.7 Å². The summed E-state index contributed by atoms with van der Waals surface area (Å²) in [5, 5.41) is 3.01. The van der Waals surface area contributed by atoms with Crippen LogP contribution in [0.2, 0.25) is 0 Å². The minimum absolute atomic E-state index is 0.0476. The number of amides is 1. The Balaban J connectivity index is 2.27. The molecule has 3 N–H and O–H groups in total. The molecule has 0 spiro atoms. The molecule has 0 aromatic heterocycles. The first-order chi connectivity index (χ1) is 7.89. The first kappa shape index (κ1) is 12.1. The van der Waals surface area contributed by atoms with E-state index in [1.54, 1.807) is 0 Å². The Hall–Kier alpha value is -1.35. The second-order valence-electron chi connectivity index (χ2n) is 5.72. The molecule has 1 aromatic carbocycles. The monoisotopic (exact) mass is 232 g/mol. The van der Waals surface area contributed by atoms with Gasteiger partial charge in [0.15, 0.2) is 0 Å².